The fourth-order valence-electron chi connectivity index (χ4n) is 2.85. The van der Waals surface area contributed by atoms with Gasteiger partial charge < -0.3 is 18.9 Å². The van der Waals surface area contributed by atoms with Crippen LogP contribution < -0.4 is 9.47 Å². The lowest BCUT2D eigenvalue weighted by atomic mass is 10.2. The Bertz CT molecular complexity index is 1330. The molecule has 0 heterocycles. The summed E-state index contributed by atoms with van der Waals surface area (Å²) in [4.78, 5) is 34.9. The summed E-state index contributed by atoms with van der Waals surface area (Å²) in [7, 11) is 1.30. The normalized spacial score (nSPS) is 10.8. The molecule has 0 spiro atoms. The van der Waals surface area contributed by atoms with Crippen molar-refractivity contribution >= 4 is 35.4 Å². The summed E-state index contributed by atoms with van der Waals surface area (Å²) in [6.45, 7) is 5.44. The van der Waals surface area contributed by atoms with Crippen molar-refractivity contribution in [2.24, 2.45) is 10.2 Å². The lowest BCUT2D eigenvalue weighted by Crippen LogP contribution is -2.12. The van der Waals surface area contributed by atoms with E-state index in [0.717, 1.165) is 5.56 Å². The Kier molecular flexibility index (Phi) is 10.1. The van der Waals surface area contributed by atoms with Crippen molar-refractivity contribution in [3.05, 3.63) is 102 Å². The molecule has 0 unspecified atom stereocenters. The Balaban J connectivity index is 1.48. The van der Waals surface area contributed by atoms with Gasteiger partial charge in [0.15, 0.2) is 0 Å². The van der Waals surface area contributed by atoms with Crippen LogP contribution in [0.1, 0.15) is 22.8 Å². The van der Waals surface area contributed by atoms with Gasteiger partial charge in [-0.1, -0.05) is 18.7 Å². The zero-order chi connectivity index (χ0) is 27.3. The van der Waals surface area contributed by atoms with Gasteiger partial charge in [-0.2, -0.15) is 10.2 Å². The summed E-state index contributed by atoms with van der Waals surface area (Å²) in [5.74, 6) is -0.452. The third kappa shape index (κ3) is 8.87. The van der Waals surface area contributed by atoms with Crippen molar-refractivity contribution in [2.75, 3.05) is 20.3 Å². The first-order valence-corrected chi connectivity index (χ1v) is 11.5. The molecular weight excluding hydrogens is 488 g/mol. The molecule has 0 amide bonds. The summed E-state index contributed by atoms with van der Waals surface area (Å²) < 4.78 is 20.4. The summed E-state index contributed by atoms with van der Waals surface area (Å²) in [6.07, 6.45) is 2.90. The minimum Gasteiger partial charge on any atom is -0.490 e. The van der Waals surface area contributed by atoms with Crippen LogP contribution in [0.4, 0.5) is 11.4 Å². The van der Waals surface area contributed by atoms with Crippen molar-refractivity contribution in [2.45, 2.75) is 6.92 Å². The van der Waals surface area contributed by atoms with Crippen LogP contribution in [0.25, 0.3) is 6.08 Å². The minimum absolute atomic E-state index is 0.124. The molecule has 9 nitrogen and oxygen atoms in total. The van der Waals surface area contributed by atoms with E-state index in [1.54, 1.807) is 85.8 Å². The van der Waals surface area contributed by atoms with Crippen molar-refractivity contribution < 1.29 is 33.3 Å². The number of hydrogen-bond acceptors (Lipinski definition) is 9. The van der Waals surface area contributed by atoms with E-state index >= 15 is 0 Å². The van der Waals surface area contributed by atoms with Crippen LogP contribution in [-0.2, 0) is 19.1 Å². The fraction of sp³-hybridized carbons (Fsp3) is 0.138. The van der Waals surface area contributed by atoms with Gasteiger partial charge in [-0.3, -0.25) is 0 Å². The van der Waals surface area contributed by atoms with Crippen LogP contribution in [-0.4, -0.2) is 38.2 Å². The van der Waals surface area contributed by atoms with E-state index in [-0.39, 0.29) is 13.2 Å². The molecule has 0 aliphatic heterocycles. The van der Waals surface area contributed by atoms with Gasteiger partial charge in [0.1, 0.15) is 24.7 Å². The summed E-state index contributed by atoms with van der Waals surface area (Å²) in [6, 6.07) is 20.1. The number of ether oxygens (including phenoxy) is 4. The second-order valence-electron chi connectivity index (χ2n) is 7.82. The van der Waals surface area contributed by atoms with E-state index < -0.39 is 17.9 Å². The van der Waals surface area contributed by atoms with Gasteiger partial charge in [0.05, 0.1) is 24.0 Å². The average molecular weight is 515 g/mol. The van der Waals surface area contributed by atoms with E-state index in [9.17, 15) is 14.4 Å². The molecule has 194 valence electrons. The molecular formula is C29H26N2O7. The maximum absolute atomic E-state index is 12.4. The third-order valence-corrected chi connectivity index (χ3v) is 4.86. The highest BCUT2D eigenvalue weighted by molar-refractivity contribution is 5.91. The quantitative estimate of drug-likeness (QED) is 0.101. The molecule has 0 bridgehead atoms. The molecule has 0 radical (unpaired) electrons. The number of rotatable bonds is 11. The van der Waals surface area contributed by atoms with Gasteiger partial charge in [-0.25, -0.2) is 14.4 Å². The summed E-state index contributed by atoms with van der Waals surface area (Å²) >= 11 is 0. The number of methoxy groups -OCH3 is 1. The molecule has 0 aliphatic carbocycles. The molecule has 0 aliphatic rings. The number of carbonyl (C=O) groups is 3. The van der Waals surface area contributed by atoms with Crippen molar-refractivity contribution in [3.8, 4) is 11.5 Å². The number of benzene rings is 3. The Morgan fingerprint density at radius 1 is 0.816 bits per heavy atom. The number of carbonyl (C=O) groups excluding carboxylic acids is 3. The van der Waals surface area contributed by atoms with Crippen molar-refractivity contribution in [3.63, 3.8) is 0 Å². The van der Waals surface area contributed by atoms with Gasteiger partial charge >= 0.3 is 17.9 Å². The molecule has 0 atom stereocenters. The Hall–Kier alpha value is -5.05. The summed E-state index contributed by atoms with van der Waals surface area (Å²) in [5, 5.41) is 8.35. The van der Waals surface area contributed by atoms with Crippen LogP contribution in [0.5, 0.6) is 11.5 Å². The minimum atomic E-state index is -0.517. The maximum atomic E-state index is 12.4. The monoisotopic (exact) mass is 514 g/mol. The van der Waals surface area contributed by atoms with Crippen molar-refractivity contribution in [1.82, 2.24) is 0 Å². The Morgan fingerprint density at radius 3 is 1.97 bits per heavy atom. The molecule has 3 rings (SSSR count). The van der Waals surface area contributed by atoms with E-state index in [0.29, 0.717) is 34.0 Å². The fourth-order valence-corrected chi connectivity index (χ4v) is 2.85. The molecule has 0 saturated heterocycles. The highest BCUT2D eigenvalue weighted by atomic mass is 16.6. The molecule has 38 heavy (non-hydrogen) atoms. The smallest absolute Gasteiger partial charge is 0.343 e. The number of esters is 3. The van der Waals surface area contributed by atoms with Crippen LogP contribution in [0.3, 0.4) is 0 Å². The van der Waals surface area contributed by atoms with Gasteiger partial charge in [0.2, 0.25) is 0 Å². The zero-order valence-electron chi connectivity index (χ0n) is 21.0. The van der Waals surface area contributed by atoms with Crippen molar-refractivity contribution in [1.29, 1.82) is 0 Å². The van der Waals surface area contributed by atoms with Gasteiger partial charge in [0.25, 0.3) is 0 Å². The third-order valence-electron chi connectivity index (χ3n) is 4.86. The second kappa shape index (κ2) is 13.9. The standard InChI is InChI=1S/C29H26N2O7/c1-20(2)28(33)37-19-18-36-25-15-11-24(12-16-25)31-30-23-9-7-22(8-10-23)29(34)38-26-13-4-21(5-14-26)6-17-27(32)35-3/h4-17H,1,18-19H2,2-3H3/b17-6+,31-30?. The SMILES string of the molecule is C=C(C)C(=O)OCCOc1ccc(N=Nc2ccc(C(=O)Oc3ccc(/C=C/C(=O)OC)cc3)cc2)cc1. The van der Waals surface area contributed by atoms with Crippen LogP contribution in [0.2, 0.25) is 0 Å². The summed E-state index contributed by atoms with van der Waals surface area (Å²) in [5.41, 5.74) is 2.62. The Morgan fingerprint density at radius 2 is 1.39 bits per heavy atom. The molecule has 0 fully saturated rings. The number of azo groups is 1. The zero-order valence-corrected chi connectivity index (χ0v) is 21.0. The molecule has 3 aromatic carbocycles. The lowest BCUT2D eigenvalue weighted by Gasteiger charge is -2.07. The molecule has 3 aromatic rings. The van der Waals surface area contributed by atoms with E-state index in [1.807, 2.05) is 0 Å². The average Bonchev–Trinajstić information content (AvgIpc) is 2.94. The topological polar surface area (TPSA) is 113 Å². The van der Waals surface area contributed by atoms with Crippen LogP contribution in [0.15, 0.2) is 101 Å². The predicted molar refractivity (Wildman–Crippen MR) is 141 cm³/mol. The van der Waals surface area contributed by atoms with E-state index in [2.05, 4.69) is 21.5 Å². The Labute approximate surface area is 220 Å². The predicted octanol–water partition coefficient (Wildman–Crippen LogP) is 6.01. The highest BCUT2D eigenvalue weighted by Gasteiger charge is 2.09. The second-order valence-corrected chi connectivity index (χ2v) is 7.82. The molecule has 0 saturated carbocycles. The first kappa shape index (κ1) is 27.5. The van der Waals surface area contributed by atoms with Crippen LogP contribution in [0, 0.1) is 0 Å². The van der Waals surface area contributed by atoms with Gasteiger partial charge in [-0.15, -0.1) is 0 Å². The lowest BCUT2D eigenvalue weighted by molar-refractivity contribution is -0.139. The highest BCUT2D eigenvalue weighted by Crippen LogP contribution is 2.22. The van der Waals surface area contributed by atoms with Gasteiger partial charge in [-0.05, 0) is 79.2 Å². The molecule has 0 N–H and O–H groups in total. The number of nitrogens with zero attached hydrogens (tertiary/aromatic N) is 2. The molecule has 0 aromatic heterocycles. The first-order valence-electron chi connectivity index (χ1n) is 11.5. The van der Waals surface area contributed by atoms with Crippen LogP contribution >= 0.6 is 0 Å². The molecule has 9 heteroatoms. The largest absolute Gasteiger partial charge is 0.490 e. The first-order chi connectivity index (χ1) is 18.3. The number of hydrogen-bond donors (Lipinski definition) is 0. The van der Waals surface area contributed by atoms with Gasteiger partial charge in [0, 0.05) is 11.6 Å². The van der Waals surface area contributed by atoms with E-state index in [4.69, 9.17) is 14.2 Å². The van der Waals surface area contributed by atoms with E-state index in [1.165, 1.54) is 13.2 Å². The maximum Gasteiger partial charge on any atom is 0.343 e.